The number of nitrogens with one attached hydrogen (secondary N) is 1. The molecule has 1 N–H and O–H groups in total. The first kappa shape index (κ1) is 15.9. The zero-order valence-electron chi connectivity index (χ0n) is 12.2. The van der Waals surface area contributed by atoms with Gasteiger partial charge in [0.1, 0.15) is 0 Å². The van der Waals surface area contributed by atoms with Crippen LogP contribution in [0.1, 0.15) is 38.2 Å². The van der Waals surface area contributed by atoms with Gasteiger partial charge < -0.3 is 0 Å². The number of hydrogen-bond donors (Lipinski definition) is 1. The Morgan fingerprint density at radius 2 is 1.95 bits per heavy atom. The molecule has 2 atom stereocenters. The topological polar surface area (TPSA) is 89.3 Å². The lowest BCUT2D eigenvalue weighted by Gasteiger charge is -2.29. The van der Waals surface area contributed by atoms with Gasteiger partial charge in [0, 0.05) is 18.2 Å². The van der Waals surface area contributed by atoms with Crippen LogP contribution < -0.4 is 4.72 Å². The van der Waals surface area contributed by atoms with Gasteiger partial charge in [-0.1, -0.05) is 25.8 Å². The second kappa shape index (κ2) is 6.11. The monoisotopic (exact) mass is 312 g/mol. The molecule has 1 aromatic rings. The van der Waals surface area contributed by atoms with Crippen LogP contribution in [-0.4, -0.2) is 19.4 Å². The molecule has 1 aromatic carbocycles. The lowest BCUT2D eigenvalue weighted by atomic mass is 9.87. The number of hydrogen-bond acceptors (Lipinski definition) is 4. The predicted molar refractivity (Wildman–Crippen MR) is 79.6 cm³/mol. The highest BCUT2D eigenvalue weighted by atomic mass is 32.2. The summed E-state index contributed by atoms with van der Waals surface area (Å²) in [5.41, 5.74) is 0.300. The van der Waals surface area contributed by atoms with Crippen molar-refractivity contribution < 1.29 is 13.3 Å². The maximum Gasteiger partial charge on any atom is 0.270 e. The fraction of sp³-hybridized carbons (Fsp3) is 0.571. The Kier molecular flexibility index (Phi) is 4.63. The zero-order valence-corrected chi connectivity index (χ0v) is 13.0. The quantitative estimate of drug-likeness (QED) is 0.684. The van der Waals surface area contributed by atoms with Crippen LogP contribution in [0.3, 0.4) is 0 Å². The predicted octanol–water partition coefficient (Wildman–Crippen LogP) is 2.76. The van der Waals surface area contributed by atoms with Crippen LogP contribution in [-0.2, 0) is 10.0 Å². The molecule has 1 saturated carbocycles. The van der Waals surface area contributed by atoms with Crippen LogP contribution in [0.2, 0.25) is 0 Å². The van der Waals surface area contributed by atoms with E-state index < -0.39 is 14.9 Å². The van der Waals surface area contributed by atoms with E-state index >= 15 is 0 Å². The molecule has 21 heavy (non-hydrogen) atoms. The number of nitro benzene ring substituents is 1. The molecular formula is C14H20N2O4S. The van der Waals surface area contributed by atoms with Crippen molar-refractivity contribution >= 4 is 15.7 Å². The highest BCUT2D eigenvalue weighted by molar-refractivity contribution is 7.89. The molecule has 1 fully saturated rings. The summed E-state index contributed by atoms with van der Waals surface area (Å²) in [4.78, 5) is 10.2. The van der Waals surface area contributed by atoms with Crippen molar-refractivity contribution in [1.82, 2.24) is 4.72 Å². The lowest BCUT2D eigenvalue weighted by Crippen LogP contribution is -2.41. The van der Waals surface area contributed by atoms with E-state index in [2.05, 4.69) is 4.72 Å². The average Bonchev–Trinajstić information content (AvgIpc) is 2.41. The first-order chi connectivity index (χ1) is 9.81. The Labute approximate surface area is 124 Å². The fourth-order valence-corrected chi connectivity index (χ4v) is 4.39. The van der Waals surface area contributed by atoms with Gasteiger partial charge in [0.05, 0.1) is 9.82 Å². The summed E-state index contributed by atoms with van der Waals surface area (Å²) in [7, 11) is -3.73. The molecule has 1 aliphatic carbocycles. The molecule has 0 bridgehead atoms. The van der Waals surface area contributed by atoms with Crippen molar-refractivity contribution in [2.45, 2.75) is 50.5 Å². The molecule has 0 amide bonds. The largest absolute Gasteiger partial charge is 0.270 e. The second-order valence-electron chi connectivity index (χ2n) is 5.70. The molecule has 0 heterocycles. The minimum absolute atomic E-state index is 0.00512. The maximum absolute atomic E-state index is 12.5. The third-order valence-electron chi connectivity index (χ3n) is 4.09. The van der Waals surface area contributed by atoms with Crippen molar-refractivity contribution in [1.29, 1.82) is 0 Å². The summed E-state index contributed by atoms with van der Waals surface area (Å²) in [6, 6.07) is 3.82. The van der Waals surface area contributed by atoms with Crippen LogP contribution in [0.5, 0.6) is 0 Å². The lowest BCUT2D eigenvalue weighted by molar-refractivity contribution is -0.385. The van der Waals surface area contributed by atoms with Crippen LogP contribution in [0.15, 0.2) is 23.1 Å². The van der Waals surface area contributed by atoms with Gasteiger partial charge in [0.25, 0.3) is 5.69 Å². The fourth-order valence-electron chi connectivity index (χ4n) is 2.75. The SMILES string of the molecule is Cc1ccc([N+](=O)[O-])cc1S(=O)(=O)N[C@@H]1CCCC[C@H]1C. The molecule has 6 nitrogen and oxygen atoms in total. The highest BCUT2D eigenvalue weighted by Gasteiger charge is 2.28. The summed E-state index contributed by atoms with van der Waals surface area (Å²) in [5.74, 6) is 0.285. The Hall–Kier alpha value is -1.47. The molecule has 0 radical (unpaired) electrons. The van der Waals surface area contributed by atoms with Crippen molar-refractivity contribution in [2.24, 2.45) is 5.92 Å². The van der Waals surface area contributed by atoms with E-state index in [0.717, 1.165) is 31.7 Å². The van der Waals surface area contributed by atoms with E-state index in [4.69, 9.17) is 0 Å². The van der Waals surface area contributed by atoms with Gasteiger partial charge in [-0.2, -0.15) is 0 Å². The normalized spacial score (nSPS) is 23.0. The molecule has 0 unspecified atom stereocenters. The number of nitro groups is 1. The smallest absolute Gasteiger partial charge is 0.258 e. The number of non-ortho nitro benzene ring substituents is 1. The van der Waals surface area contributed by atoms with Crippen molar-refractivity contribution in [3.63, 3.8) is 0 Å². The summed E-state index contributed by atoms with van der Waals surface area (Å²) >= 11 is 0. The minimum Gasteiger partial charge on any atom is -0.258 e. The van der Waals surface area contributed by atoms with Crippen LogP contribution >= 0.6 is 0 Å². The van der Waals surface area contributed by atoms with Gasteiger partial charge in [-0.15, -0.1) is 0 Å². The van der Waals surface area contributed by atoms with E-state index in [-0.39, 0.29) is 22.5 Å². The summed E-state index contributed by atoms with van der Waals surface area (Å²) in [6.07, 6.45) is 3.94. The van der Waals surface area contributed by atoms with Crippen molar-refractivity contribution in [2.75, 3.05) is 0 Å². The number of benzene rings is 1. The molecular weight excluding hydrogens is 292 g/mol. The molecule has 0 aliphatic heterocycles. The average molecular weight is 312 g/mol. The zero-order chi connectivity index (χ0) is 15.6. The summed E-state index contributed by atoms with van der Waals surface area (Å²) < 4.78 is 27.7. The Balaban J connectivity index is 2.30. The third kappa shape index (κ3) is 3.59. The Morgan fingerprint density at radius 1 is 1.29 bits per heavy atom. The number of sulfonamides is 1. The number of nitrogens with zero attached hydrogens (tertiary/aromatic N) is 1. The molecule has 0 spiro atoms. The van der Waals surface area contributed by atoms with Gasteiger partial charge in [-0.3, -0.25) is 10.1 Å². The first-order valence-corrected chi connectivity index (χ1v) is 8.57. The van der Waals surface area contributed by atoms with E-state index in [9.17, 15) is 18.5 Å². The molecule has 0 saturated heterocycles. The summed E-state index contributed by atoms with van der Waals surface area (Å²) in [6.45, 7) is 3.68. The molecule has 2 rings (SSSR count). The van der Waals surface area contributed by atoms with Crippen LogP contribution in [0, 0.1) is 23.0 Å². The van der Waals surface area contributed by atoms with Gasteiger partial charge >= 0.3 is 0 Å². The van der Waals surface area contributed by atoms with E-state index in [1.165, 1.54) is 12.1 Å². The molecule has 7 heteroatoms. The van der Waals surface area contributed by atoms with E-state index in [0.29, 0.717) is 5.56 Å². The summed E-state index contributed by atoms with van der Waals surface area (Å²) in [5, 5.41) is 10.8. The standard InChI is InChI=1S/C14H20N2O4S/c1-10-5-3-4-6-13(10)15-21(19,20)14-9-12(16(17)18)8-7-11(14)2/h7-10,13,15H,3-6H2,1-2H3/t10-,13-/m1/s1. The van der Waals surface area contributed by atoms with Gasteiger partial charge in [0.2, 0.25) is 10.0 Å². The molecule has 1 aliphatic rings. The first-order valence-electron chi connectivity index (χ1n) is 7.08. The molecule has 116 valence electrons. The maximum atomic E-state index is 12.5. The van der Waals surface area contributed by atoms with Crippen molar-refractivity contribution in [3.8, 4) is 0 Å². The van der Waals surface area contributed by atoms with Gasteiger partial charge in [-0.25, -0.2) is 13.1 Å². The third-order valence-corrected chi connectivity index (χ3v) is 5.72. The van der Waals surface area contributed by atoms with E-state index in [1.54, 1.807) is 6.92 Å². The van der Waals surface area contributed by atoms with Crippen molar-refractivity contribution in [3.05, 3.63) is 33.9 Å². The Morgan fingerprint density at radius 3 is 2.57 bits per heavy atom. The highest BCUT2D eigenvalue weighted by Crippen LogP contribution is 2.27. The molecule has 0 aromatic heterocycles. The minimum atomic E-state index is -3.73. The Bertz CT molecular complexity index is 642. The van der Waals surface area contributed by atoms with Crippen LogP contribution in [0.25, 0.3) is 0 Å². The van der Waals surface area contributed by atoms with Gasteiger partial charge in [0.15, 0.2) is 0 Å². The number of rotatable bonds is 4. The number of aryl methyl sites for hydroxylation is 1. The second-order valence-corrected chi connectivity index (χ2v) is 7.38. The van der Waals surface area contributed by atoms with Gasteiger partial charge in [-0.05, 0) is 31.2 Å². The van der Waals surface area contributed by atoms with Crippen LogP contribution in [0.4, 0.5) is 5.69 Å². The van der Waals surface area contributed by atoms with E-state index in [1.807, 2.05) is 6.92 Å².